The van der Waals surface area contributed by atoms with Crippen LogP contribution < -0.4 is 15.9 Å². The van der Waals surface area contributed by atoms with E-state index in [9.17, 15) is 4.79 Å². The molecular formula is C19H20N4OS2. The fourth-order valence-corrected chi connectivity index (χ4v) is 4.91. The number of thiophene rings is 1. The number of carbonyl (C=O) groups is 1. The Morgan fingerprint density at radius 1 is 1.31 bits per heavy atom. The minimum absolute atomic E-state index is 0.111. The lowest BCUT2D eigenvalue weighted by Gasteiger charge is -2.33. The van der Waals surface area contributed by atoms with Crippen LogP contribution in [0.1, 0.15) is 36.4 Å². The van der Waals surface area contributed by atoms with Gasteiger partial charge in [0, 0.05) is 11.0 Å². The van der Waals surface area contributed by atoms with Crippen molar-refractivity contribution >= 4 is 39.9 Å². The summed E-state index contributed by atoms with van der Waals surface area (Å²) in [7, 11) is 0. The Morgan fingerprint density at radius 3 is 2.92 bits per heavy atom. The average Bonchev–Trinajstić information content (AvgIpc) is 3.07. The highest BCUT2D eigenvalue weighted by atomic mass is 32.2. The Morgan fingerprint density at radius 2 is 2.15 bits per heavy atom. The molecule has 0 bridgehead atoms. The molecule has 2 aromatic rings. The minimum atomic E-state index is -0.298. The van der Waals surface area contributed by atoms with Crippen LogP contribution in [0.2, 0.25) is 0 Å². The van der Waals surface area contributed by atoms with Crippen LogP contribution in [-0.4, -0.2) is 21.8 Å². The van der Waals surface area contributed by atoms with Crippen LogP contribution in [0.3, 0.4) is 0 Å². The number of fused-ring (bicyclic) bond motifs is 2. The third-order valence-corrected chi connectivity index (χ3v) is 6.40. The number of hydrogen-bond acceptors (Lipinski definition) is 6. The average molecular weight is 385 g/mol. The Labute approximate surface area is 160 Å². The molecule has 2 aliphatic heterocycles. The minimum Gasteiger partial charge on any atom is -0.298 e. The van der Waals surface area contributed by atoms with Crippen molar-refractivity contribution in [2.45, 2.75) is 32.9 Å². The van der Waals surface area contributed by atoms with E-state index in [1.165, 1.54) is 5.56 Å². The maximum Gasteiger partial charge on any atom is 0.276 e. The molecule has 0 aliphatic carbocycles. The Kier molecular flexibility index (Phi) is 4.82. The molecule has 26 heavy (non-hydrogen) atoms. The summed E-state index contributed by atoms with van der Waals surface area (Å²) in [6.45, 7) is 4.23. The Hall–Kier alpha value is -2.12. The lowest BCUT2D eigenvalue weighted by molar-refractivity contribution is -0.116. The van der Waals surface area contributed by atoms with Crippen molar-refractivity contribution in [2.75, 3.05) is 5.75 Å². The van der Waals surface area contributed by atoms with Gasteiger partial charge in [-0.25, -0.2) is 5.01 Å². The van der Waals surface area contributed by atoms with Crippen molar-refractivity contribution < 1.29 is 4.79 Å². The fourth-order valence-electron chi connectivity index (χ4n) is 3.03. The molecule has 1 atom stereocenters. The summed E-state index contributed by atoms with van der Waals surface area (Å²) in [5.74, 6) is 0.829. The zero-order valence-electron chi connectivity index (χ0n) is 14.7. The molecule has 0 fully saturated rings. The van der Waals surface area contributed by atoms with Gasteiger partial charge in [0.2, 0.25) is 0 Å². The predicted octanol–water partition coefficient (Wildman–Crippen LogP) is 2.73. The molecule has 0 unspecified atom stereocenters. The van der Waals surface area contributed by atoms with Gasteiger partial charge in [-0.15, -0.1) is 16.4 Å². The molecule has 1 amide bonds. The number of carbonyl (C=O) groups excluding carboxylic acids is 1. The number of nitrogens with zero attached hydrogens (tertiary/aromatic N) is 3. The quantitative estimate of drug-likeness (QED) is 0.825. The van der Waals surface area contributed by atoms with E-state index in [4.69, 9.17) is 10.1 Å². The van der Waals surface area contributed by atoms with Crippen LogP contribution in [0.5, 0.6) is 0 Å². The van der Waals surface area contributed by atoms with Gasteiger partial charge >= 0.3 is 0 Å². The van der Waals surface area contributed by atoms with Gasteiger partial charge in [-0.2, -0.15) is 0 Å². The molecule has 0 radical (unpaired) electrons. The molecule has 4 rings (SSSR count). The zero-order valence-corrected chi connectivity index (χ0v) is 16.4. The number of nitrogens with one attached hydrogen (secondary N) is 1. The Bertz CT molecular complexity index is 995. The molecule has 3 heterocycles. The second kappa shape index (κ2) is 7.25. The monoisotopic (exact) mass is 384 g/mol. The van der Waals surface area contributed by atoms with Crippen molar-refractivity contribution in [3.8, 4) is 0 Å². The van der Waals surface area contributed by atoms with Crippen molar-refractivity contribution in [3.63, 3.8) is 0 Å². The van der Waals surface area contributed by atoms with Gasteiger partial charge in [-0.1, -0.05) is 43.3 Å². The van der Waals surface area contributed by atoms with Gasteiger partial charge in [0.05, 0.1) is 10.2 Å². The third-order valence-electron chi connectivity index (χ3n) is 4.39. The topological polar surface area (TPSA) is 57.1 Å². The predicted molar refractivity (Wildman–Crippen MR) is 107 cm³/mol. The van der Waals surface area contributed by atoms with Gasteiger partial charge < -0.3 is 0 Å². The number of rotatable bonds is 4. The van der Waals surface area contributed by atoms with Gasteiger partial charge in [-0.3, -0.25) is 15.1 Å². The van der Waals surface area contributed by atoms with Crippen molar-refractivity contribution in [3.05, 3.63) is 56.7 Å². The summed E-state index contributed by atoms with van der Waals surface area (Å²) < 4.78 is 0. The molecule has 1 N–H and O–H groups in total. The molecule has 1 aromatic heterocycles. The summed E-state index contributed by atoms with van der Waals surface area (Å²) in [5, 5.41) is 13.9. The molecular weight excluding hydrogens is 364 g/mol. The van der Waals surface area contributed by atoms with Crippen LogP contribution >= 0.6 is 23.1 Å². The number of para-hydroxylation sites is 1. The van der Waals surface area contributed by atoms with E-state index < -0.39 is 0 Å². The van der Waals surface area contributed by atoms with Crippen LogP contribution in [-0.2, 0) is 4.79 Å². The van der Waals surface area contributed by atoms with E-state index in [-0.39, 0.29) is 12.1 Å². The summed E-state index contributed by atoms with van der Waals surface area (Å²) in [6.07, 6.45) is 1.92. The molecule has 1 aromatic carbocycles. The molecule has 0 saturated carbocycles. The summed E-state index contributed by atoms with van der Waals surface area (Å²) in [4.78, 5) is 18.9. The summed E-state index contributed by atoms with van der Waals surface area (Å²) >= 11 is 3.24. The largest absolute Gasteiger partial charge is 0.298 e. The highest BCUT2D eigenvalue weighted by Crippen LogP contribution is 2.35. The normalized spacial score (nSPS) is 18.6. The molecule has 0 saturated heterocycles. The van der Waals surface area contributed by atoms with E-state index in [1.807, 2.05) is 24.3 Å². The van der Waals surface area contributed by atoms with Crippen LogP contribution in [0.4, 0.5) is 0 Å². The maximum atomic E-state index is 12.9. The molecule has 2 aliphatic rings. The number of hydrogen-bond donors (Lipinski definition) is 1. The van der Waals surface area contributed by atoms with Gasteiger partial charge in [0.25, 0.3) is 5.91 Å². The van der Waals surface area contributed by atoms with Crippen molar-refractivity contribution in [1.29, 1.82) is 0 Å². The number of amides is 1. The SMILES string of the molecule is CCCCSC1=NN2C(=c3ccccc3=N[C@@H]2c2sccc2C)C(=O)N1. The number of amidine groups is 1. The van der Waals surface area contributed by atoms with Gasteiger partial charge in [0.15, 0.2) is 11.3 Å². The number of hydrazone groups is 1. The van der Waals surface area contributed by atoms with E-state index in [0.717, 1.165) is 34.0 Å². The van der Waals surface area contributed by atoms with Crippen LogP contribution in [0.15, 0.2) is 45.8 Å². The first-order valence-corrected chi connectivity index (χ1v) is 10.6. The van der Waals surface area contributed by atoms with Crippen LogP contribution in [0.25, 0.3) is 5.70 Å². The number of unbranched alkanes of at least 4 members (excludes halogenated alkanes) is 1. The second-order valence-corrected chi connectivity index (χ2v) is 8.27. The van der Waals surface area contributed by atoms with E-state index in [0.29, 0.717) is 10.9 Å². The summed E-state index contributed by atoms with van der Waals surface area (Å²) in [6, 6.07) is 9.85. The Balaban J connectivity index is 1.84. The molecule has 5 nitrogen and oxygen atoms in total. The highest BCUT2D eigenvalue weighted by molar-refractivity contribution is 8.13. The molecule has 0 spiro atoms. The molecule has 7 heteroatoms. The number of aryl methyl sites for hydroxylation is 1. The first-order chi connectivity index (χ1) is 12.7. The van der Waals surface area contributed by atoms with Gasteiger partial charge in [0.1, 0.15) is 5.70 Å². The second-order valence-electron chi connectivity index (χ2n) is 6.24. The van der Waals surface area contributed by atoms with E-state index in [2.05, 4.69) is 30.6 Å². The maximum absolute atomic E-state index is 12.9. The van der Waals surface area contributed by atoms with Crippen molar-refractivity contribution in [1.82, 2.24) is 10.3 Å². The van der Waals surface area contributed by atoms with E-state index >= 15 is 0 Å². The first-order valence-electron chi connectivity index (χ1n) is 8.72. The van der Waals surface area contributed by atoms with Crippen LogP contribution in [0, 0.1) is 6.92 Å². The fraction of sp³-hybridized carbons (Fsp3) is 0.316. The van der Waals surface area contributed by atoms with E-state index in [1.54, 1.807) is 28.1 Å². The first kappa shape index (κ1) is 17.3. The smallest absolute Gasteiger partial charge is 0.276 e. The number of thioether (sulfide) groups is 1. The summed E-state index contributed by atoms with van der Waals surface area (Å²) in [5.41, 5.74) is 1.75. The molecule has 134 valence electrons. The third kappa shape index (κ3) is 3.05. The lowest BCUT2D eigenvalue weighted by Crippen LogP contribution is -2.50. The highest BCUT2D eigenvalue weighted by Gasteiger charge is 2.35. The van der Waals surface area contributed by atoms with Gasteiger partial charge in [-0.05, 0) is 36.4 Å². The van der Waals surface area contributed by atoms with Crippen molar-refractivity contribution in [2.24, 2.45) is 10.1 Å². The number of benzene rings is 1. The standard InChI is InChI=1S/C19H20N4OS2/c1-3-4-10-26-19-21-18(24)15-13-7-5-6-8-14(13)20-17(23(15)22-19)16-12(2)9-11-25-16/h5-9,11,17H,3-4,10H2,1-2H3,(H,21,22,24)/t17-/m0/s1. The lowest BCUT2D eigenvalue weighted by atomic mass is 10.1. The zero-order chi connectivity index (χ0) is 18.1.